The number of nitrogens with zero attached hydrogens (tertiary/aromatic N) is 6. The van der Waals surface area contributed by atoms with Crippen molar-refractivity contribution in [1.29, 1.82) is 0 Å². The van der Waals surface area contributed by atoms with E-state index < -0.39 is 0 Å². The molecule has 0 atom stereocenters. The second-order valence-electron chi connectivity index (χ2n) is 9.81. The fourth-order valence-electron chi connectivity index (χ4n) is 5.37. The summed E-state index contributed by atoms with van der Waals surface area (Å²) in [7, 11) is 0. The number of anilines is 1. The van der Waals surface area contributed by atoms with Crippen molar-refractivity contribution in [1.82, 2.24) is 19.3 Å². The number of aromatic nitrogens is 4. The minimum absolute atomic E-state index is 0.106. The van der Waals surface area contributed by atoms with Crippen LogP contribution in [0.15, 0.2) is 71.3 Å². The lowest BCUT2D eigenvalue weighted by atomic mass is 10.1. The van der Waals surface area contributed by atoms with Crippen molar-refractivity contribution in [3.63, 3.8) is 0 Å². The molecule has 2 aromatic heterocycles. The number of aryl methyl sites for hydroxylation is 2. The van der Waals surface area contributed by atoms with E-state index in [1.807, 2.05) is 43.3 Å². The third-order valence-corrected chi connectivity index (χ3v) is 7.33. The van der Waals surface area contributed by atoms with Crippen LogP contribution in [0.25, 0.3) is 23.2 Å². The molecule has 0 unspecified atom stereocenters. The molecule has 7 nitrogen and oxygen atoms in total. The maximum absolute atomic E-state index is 13.2. The Kier molecular flexibility index (Phi) is 5.83. The van der Waals surface area contributed by atoms with Crippen LogP contribution in [0.3, 0.4) is 0 Å². The highest BCUT2D eigenvalue weighted by molar-refractivity contribution is 6.32. The van der Waals surface area contributed by atoms with Crippen molar-refractivity contribution in [2.75, 3.05) is 5.01 Å². The van der Waals surface area contributed by atoms with E-state index in [2.05, 4.69) is 68.6 Å². The van der Waals surface area contributed by atoms with Gasteiger partial charge >= 0.3 is 0 Å². The molecular formula is C30H30N6O. The van der Waals surface area contributed by atoms with E-state index in [4.69, 9.17) is 0 Å². The zero-order valence-electron chi connectivity index (χ0n) is 21.5. The smallest absolute Gasteiger partial charge is 0.280 e. The van der Waals surface area contributed by atoms with Gasteiger partial charge in [0, 0.05) is 35.6 Å². The van der Waals surface area contributed by atoms with Crippen molar-refractivity contribution in [2.45, 2.75) is 53.0 Å². The molecule has 0 bridgehead atoms. The Hall–Kier alpha value is -4.26. The lowest BCUT2D eigenvalue weighted by Crippen LogP contribution is -2.21. The van der Waals surface area contributed by atoms with Crippen LogP contribution in [0.2, 0.25) is 0 Å². The van der Waals surface area contributed by atoms with Gasteiger partial charge in [-0.3, -0.25) is 4.79 Å². The zero-order valence-corrected chi connectivity index (χ0v) is 21.5. The Morgan fingerprint density at radius 3 is 2.43 bits per heavy atom. The maximum atomic E-state index is 13.2. The first-order chi connectivity index (χ1) is 18.0. The van der Waals surface area contributed by atoms with Gasteiger partial charge in [0.05, 0.1) is 17.0 Å². The first-order valence-corrected chi connectivity index (χ1v) is 12.9. The maximum Gasteiger partial charge on any atom is 0.280 e. The van der Waals surface area contributed by atoms with Gasteiger partial charge in [0.1, 0.15) is 5.82 Å². The highest BCUT2D eigenvalue weighted by Gasteiger charge is 2.29. The third kappa shape index (κ3) is 4.10. The molecule has 186 valence electrons. The second-order valence-corrected chi connectivity index (χ2v) is 9.81. The molecular weight excluding hydrogens is 460 g/mol. The first kappa shape index (κ1) is 23.2. The standard InChI is InChI=1S/C30H30N6O/c1-20-18-24(19-27-21(2)33-36(30(27)37)26-10-6-4-7-11-26)22(3)35(20)25-15-13-23(14-16-25)29-32-31-28-12-8-5-9-17-34(28)29/h4,6-7,10-11,13-16,18-19H,5,8-9,12,17H2,1-3H3. The summed E-state index contributed by atoms with van der Waals surface area (Å²) >= 11 is 0. The Bertz CT molecular complexity index is 1540. The number of hydrogen-bond donors (Lipinski definition) is 0. The van der Waals surface area contributed by atoms with Crippen LogP contribution >= 0.6 is 0 Å². The number of para-hydroxylation sites is 1. The van der Waals surface area contributed by atoms with E-state index in [1.165, 1.54) is 24.3 Å². The molecule has 0 aliphatic carbocycles. The number of hydrogen-bond acceptors (Lipinski definition) is 4. The van der Waals surface area contributed by atoms with E-state index in [-0.39, 0.29) is 5.91 Å². The molecule has 4 heterocycles. The monoisotopic (exact) mass is 490 g/mol. The number of benzene rings is 2. The normalized spacial score (nSPS) is 16.7. The summed E-state index contributed by atoms with van der Waals surface area (Å²) in [5, 5.41) is 14.9. The molecule has 1 amide bonds. The van der Waals surface area contributed by atoms with Crippen molar-refractivity contribution < 1.29 is 4.79 Å². The summed E-state index contributed by atoms with van der Waals surface area (Å²) < 4.78 is 4.50. The van der Waals surface area contributed by atoms with Crippen molar-refractivity contribution in [3.05, 3.63) is 89.0 Å². The molecule has 0 radical (unpaired) electrons. The second kappa shape index (κ2) is 9.32. The summed E-state index contributed by atoms with van der Waals surface area (Å²) in [6.07, 6.45) is 6.56. The van der Waals surface area contributed by atoms with Crippen LogP contribution in [0, 0.1) is 13.8 Å². The highest BCUT2D eigenvalue weighted by atomic mass is 16.2. The van der Waals surface area contributed by atoms with Gasteiger partial charge in [0.25, 0.3) is 5.91 Å². The summed E-state index contributed by atoms with van der Waals surface area (Å²) in [6.45, 7) is 7.05. The first-order valence-electron chi connectivity index (χ1n) is 12.9. The SMILES string of the molecule is CC1=NN(c2ccccc2)C(=O)C1=Cc1cc(C)n(-c2ccc(-c3nnc4n3CCCCC4)cc2)c1C. The summed E-state index contributed by atoms with van der Waals surface area (Å²) in [4.78, 5) is 13.2. The Morgan fingerprint density at radius 2 is 1.65 bits per heavy atom. The number of fused-ring (bicyclic) bond motifs is 1. The van der Waals surface area contributed by atoms with Crippen molar-refractivity contribution in [3.8, 4) is 17.1 Å². The van der Waals surface area contributed by atoms with E-state index in [0.717, 1.165) is 64.2 Å². The Morgan fingerprint density at radius 1 is 0.865 bits per heavy atom. The molecule has 2 aliphatic rings. The van der Waals surface area contributed by atoms with Crippen LogP contribution in [-0.4, -0.2) is 31.0 Å². The number of rotatable bonds is 4. The number of amides is 1. The van der Waals surface area contributed by atoms with Gasteiger partial charge in [-0.1, -0.05) is 24.6 Å². The number of carbonyl (C=O) groups is 1. The average Bonchev–Trinajstić information content (AvgIpc) is 3.46. The molecule has 0 fully saturated rings. The molecule has 2 aliphatic heterocycles. The number of carbonyl (C=O) groups excluding carboxylic acids is 1. The van der Waals surface area contributed by atoms with E-state index >= 15 is 0 Å². The molecule has 0 saturated carbocycles. The van der Waals surface area contributed by atoms with Gasteiger partial charge in [-0.15, -0.1) is 10.2 Å². The summed E-state index contributed by atoms with van der Waals surface area (Å²) in [5.41, 5.74) is 7.46. The molecule has 4 aromatic rings. The minimum Gasteiger partial charge on any atom is -0.318 e. The molecule has 6 rings (SSSR count). The lowest BCUT2D eigenvalue weighted by Gasteiger charge is -2.12. The van der Waals surface area contributed by atoms with Crippen LogP contribution < -0.4 is 5.01 Å². The van der Waals surface area contributed by atoms with Crippen LogP contribution in [0.1, 0.15) is 49.0 Å². The third-order valence-electron chi connectivity index (χ3n) is 7.33. The van der Waals surface area contributed by atoms with Gasteiger partial charge < -0.3 is 9.13 Å². The molecule has 7 heteroatoms. The zero-order chi connectivity index (χ0) is 25.5. The Balaban J connectivity index is 1.30. The van der Waals surface area contributed by atoms with Crippen LogP contribution in [0.4, 0.5) is 5.69 Å². The quantitative estimate of drug-likeness (QED) is 0.335. The van der Waals surface area contributed by atoms with Gasteiger partial charge in [0.15, 0.2) is 5.82 Å². The van der Waals surface area contributed by atoms with Crippen LogP contribution in [-0.2, 0) is 17.8 Å². The molecule has 37 heavy (non-hydrogen) atoms. The fourth-order valence-corrected chi connectivity index (χ4v) is 5.37. The van der Waals surface area contributed by atoms with E-state index in [9.17, 15) is 4.79 Å². The summed E-state index contributed by atoms with van der Waals surface area (Å²) in [6, 6.07) is 20.2. The summed E-state index contributed by atoms with van der Waals surface area (Å²) in [5.74, 6) is 1.94. The molecule has 2 aromatic carbocycles. The van der Waals surface area contributed by atoms with Crippen molar-refractivity contribution >= 4 is 23.4 Å². The minimum atomic E-state index is -0.106. The fraction of sp³-hybridized carbons (Fsp3) is 0.267. The molecule has 0 N–H and O–H groups in total. The molecule has 0 spiro atoms. The predicted octanol–water partition coefficient (Wildman–Crippen LogP) is 5.89. The van der Waals surface area contributed by atoms with E-state index in [1.54, 1.807) is 0 Å². The highest BCUT2D eigenvalue weighted by Crippen LogP contribution is 2.29. The topological polar surface area (TPSA) is 68.3 Å². The van der Waals surface area contributed by atoms with Gasteiger partial charge in [-0.2, -0.15) is 10.1 Å². The predicted molar refractivity (Wildman–Crippen MR) is 147 cm³/mol. The van der Waals surface area contributed by atoms with Gasteiger partial charge in [-0.05, 0) is 87.7 Å². The van der Waals surface area contributed by atoms with Gasteiger partial charge in [-0.25, -0.2) is 0 Å². The van der Waals surface area contributed by atoms with Crippen molar-refractivity contribution in [2.24, 2.45) is 5.10 Å². The number of hydrazone groups is 1. The van der Waals surface area contributed by atoms with Crippen LogP contribution in [0.5, 0.6) is 0 Å². The lowest BCUT2D eigenvalue weighted by molar-refractivity contribution is -0.114. The van der Waals surface area contributed by atoms with E-state index in [0.29, 0.717) is 5.57 Å². The molecule has 0 saturated heterocycles. The largest absolute Gasteiger partial charge is 0.318 e. The average molecular weight is 491 g/mol. The van der Waals surface area contributed by atoms with Gasteiger partial charge in [0.2, 0.25) is 0 Å². The Labute approximate surface area is 216 Å².